The summed E-state index contributed by atoms with van der Waals surface area (Å²) >= 11 is 12.2. The van der Waals surface area contributed by atoms with E-state index in [0.717, 1.165) is 22.5 Å². The first-order valence-corrected chi connectivity index (χ1v) is 8.32. The molecule has 104 valence electrons. The average molecular weight is 298 g/mol. The minimum atomic E-state index is 0.491. The lowest BCUT2D eigenvalue weighted by Gasteiger charge is -2.45. The van der Waals surface area contributed by atoms with Gasteiger partial charge in [-0.2, -0.15) is 0 Å². The lowest BCUT2D eigenvalue weighted by Crippen LogP contribution is -2.46. The topological polar surface area (TPSA) is 3.24 Å². The van der Waals surface area contributed by atoms with Crippen molar-refractivity contribution in [3.05, 3.63) is 28.8 Å². The van der Waals surface area contributed by atoms with Crippen LogP contribution in [0.25, 0.3) is 0 Å². The molecule has 1 saturated carbocycles. The number of hydrogen-bond acceptors (Lipinski definition) is 1. The van der Waals surface area contributed by atoms with Gasteiger partial charge in [0.2, 0.25) is 0 Å². The van der Waals surface area contributed by atoms with Gasteiger partial charge in [-0.05, 0) is 49.3 Å². The van der Waals surface area contributed by atoms with Gasteiger partial charge >= 0.3 is 0 Å². The molecule has 0 spiro atoms. The maximum Gasteiger partial charge on any atom is 0.0488 e. The van der Waals surface area contributed by atoms with Gasteiger partial charge < -0.3 is 4.90 Å². The van der Waals surface area contributed by atoms with Crippen LogP contribution in [0.1, 0.15) is 44.1 Å². The van der Waals surface area contributed by atoms with Crippen molar-refractivity contribution >= 4 is 28.9 Å². The molecular weight excluding hydrogens is 277 g/mol. The van der Waals surface area contributed by atoms with Gasteiger partial charge in [-0.3, -0.25) is 0 Å². The van der Waals surface area contributed by atoms with E-state index >= 15 is 0 Å². The monoisotopic (exact) mass is 297 g/mol. The molecule has 2 aliphatic rings. The van der Waals surface area contributed by atoms with Crippen molar-refractivity contribution in [2.45, 2.75) is 50.4 Å². The molecule has 0 aromatic heterocycles. The molecule has 1 aliphatic carbocycles. The van der Waals surface area contributed by atoms with E-state index < -0.39 is 0 Å². The summed E-state index contributed by atoms with van der Waals surface area (Å²) in [6.07, 6.45) is 8.28. The third kappa shape index (κ3) is 2.73. The molecule has 1 nitrogen and oxygen atoms in total. The molecule has 1 aliphatic heterocycles. The summed E-state index contributed by atoms with van der Waals surface area (Å²) in [7, 11) is 0. The number of fused-ring (bicyclic) bond motifs is 1. The molecule has 0 N–H and O–H groups in total. The van der Waals surface area contributed by atoms with Gasteiger partial charge in [0.1, 0.15) is 0 Å². The zero-order valence-corrected chi connectivity index (χ0v) is 12.8. The molecule has 1 aromatic rings. The van der Waals surface area contributed by atoms with Gasteiger partial charge in [-0.1, -0.05) is 30.5 Å². The van der Waals surface area contributed by atoms with Crippen LogP contribution in [-0.4, -0.2) is 12.6 Å². The molecule has 3 rings (SSSR count). The molecule has 19 heavy (non-hydrogen) atoms. The molecule has 1 aromatic carbocycles. The Labute approximate surface area is 125 Å². The van der Waals surface area contributed by atoms with Crippen LogP contribution in [0.5, 0.6) is 0 Å². The number of anilines is 1. The van der Waals surface area contributed by atoms with Crippen molar-refractivity contribution in [1.29, 1.82) is 0 Å². The lowest BCUT2D eigenvalue weighted by molar-refractivity contribution is 0.244. The number of piperidine rings is 1. The Morgan fingerprint density at radius 2 is 1.89 bits per heavy atom. The van der Waals surface area contributed by atoms with E-state index in [9.17, 15) is 0 Å². The highest BCUT2D eigenvalue weighted by Crippen LogP contribution is 2.38. The quantitative estimate of drug-likeness (QED) is 0.675. The van der Waals surface area contributed by atoms with Gasteiger partial charge in [0, 0.05) is 29.2 Å². The van der Waals surface area contributed by atoms with Gasteiger partial charge in [0.25, 0.3) is 0 Å². The van der Waals surface area contributed by atoms with E-state index in [1.165, 1.54) is 50.8 Å². The fraction of sp³-hybridized carbons (Fsp3) is 0.625. The maximum atomic E-state index is 6.31. The Morgan fingerprint density at radius 3 is 2.68 bits per heavy atom. The minimum Gasteiger partial charge on any atom is -0.368 e. The van der Waals surface area contributed by atoms with Gasteiger partial charge in [-0.25, -0.2) is 0 Å². The largest absolute Gasteiger partial charge is 0.368 e. The molecule has 2 atom stereocenters. The normalized spacial score (nSPS) is 27.2. The molecule has 2 fully saturated rings. The van der Waals surface area contributed by atoms with Crippen molar-refractivity contribution in [2.24, 2.45) is 5.92 Å². The maximum absolute atomic E-state index is 6.31. The van der Waals surface area contributed by atoms with Crippen LogP contribution in [0.4, 0.5) is 5.69 Å². The highest BCUT2D eigenvalue weighted by atomic mass is 35.5. The summed E-state index contributed by atoms with van der Waals surface area (Å²) in [5.41, 5.74) is 2.32. The lowest BCUT2D eigenvalue weighted by atomic mass is 9.78. The highest BCUT2D eigenvalue weighted by molar-refractivity contribution is 6.32. The van der Waals surface area contributed by atoms with Crippen molar-refractivity contribution in [2.75, 3.05) is 11.4 Å². The fourth-order valence-corrected chi connectivity index (χ4v) is 4.31. The van der Waals surface area contributed by atoms with Gasteiger partial charge in [-0.15, -0.1) is 11.6 Å². The van der Waals surface area contributed by atoms with Crippen LogP contribution in [0.2, 0.25) is 5.02 Å². The second-order valence-corrected chi connectivity index (χ2v) is 6.53. The van der Waals surface area contributed by atoms with Crippen molar-refractivity contribution < 1.29 is 0 Å². The predicted molar refractivity (Wildman–Crippen MR) is 83.3 cm³/mol. The zero-order valence-electron chi connectivity index (χ0n) is 11.2. The summed E-state index contributed by atoms with van der Waals surface area (Å²) < 4.78 is 0. The number of hydrogen-bond donors (Lipinski definition) is 0. The number of alkyl halides is 1. The number of halogens is 2. The van der Waals surface area contributed by atoms with Crippen LogP contribution in [0.15, 0.2) is 18.2 Å². The van der Waals surface area contributed by atoms with E-state index in [2.05, 4.69) is 23.1 Å². The average Bonchev–Trinajstić information content (AvgIpc) is 2.46. The zero-order chi connectivity index (χ0) is 13.2. The summed E-state index contributed by atoms with van der Waals surface area (Å²) in [6, 6.07) is 7.12. The first-order chi connectivity index (χ1) is 9.29. The predicted octanol–water partition coefficient (Wildman–Crippen LogP) is 5.24. The number of nitrogens with zero attached hydrogens (tertiary/aromatic N) is 1. The molecule has 1 saturated heterocycles. The Bertz CT molecular complexity index is 444. The smallest absolute Gasteiger partial charge is 0.0488 e. The molecule has 2 unspecified atom stereocenters. The first-order valence-electron chi connectivity index (χ1n) is 7.40. The fourth-order valence-electron chi connectivity index (χ4n) is 3.77. The van der Waals surface area contributed by atoms with Crippen LogP contribution in [0, 0.1) is 5.92 Å². The molecular formula is C16H21Cl2N. The summed E-state index contributed by atoms with van der Waals surface area (Å²) in [5.74, 6) is 1.39. The van der Waals surface area contributed by atoms with E-state index in [-0.39, 0.29) is 0 Å². The minimum absolute atomic E-state index is 0.491. The SMILES string of the molecule is ClCc1ccc(N2CCCC3CCCCC32)cc1Cl. The number of rotatable bonds is 2. The summed E-state index contributed by atoms with van der Waals surface area (Å²) in [4.78, 5) is 2.59. The van der Waals surface area contributed by atoms with Crippen LogP contribution in [-0.2, 0) is 5.88 Å². The van der Waals surface area contributed by atoms with E-state index in [4.69, 9.17) is 23.2 Å². The molecule has 0 amide bonds. The molecule has 3 heteroatoms. The van der Waals surface area contributed by atoms with E-state index in [1.54, 1.807) is 0 Å². The van der Waals surface area contributed by atoms with Crippen LogP contribution >= 0.6 is 23.2 Å². The van der Waals surface area contributed by atoms with Crippen LogP contribution in [0.3, 0.4) is 0 Å². The second-order valence-electron chi connectivity index (χ2n) is 5.86. The highest BCUT2D eigenvalue weighted by Gasteiger charge is 2.33. The Kier molecular flexibility index (Phi) is 4.24. The van der Waals surface area contributed by atoms with Gasteiger partial charge in [0.05, 0.1) is 0 Å². The second kappa shape index (κ2) is 5.93. The first kappa shape index (κ1) is 13.6. The molecule has 0 radical (unpaired) electrons. The van der Waals surface area contributed by atoms with Gasteiger partial charge in [0.15, 0.2) is 0 Å². The van der Waals surface area contributed by atoms with Crippen molar-refractivity contribution in [1.82, 2.24) is 0 Å². The summed E-state index contributed by atoms with van der Waals surface area (Å²) in [6.45, 7) is 1.18. The molecule has 1 heterocycles. The Morgan fingerprint density at radius 1 is 1.11 bits per heavy atom. The van der Waals surface area contributed by atoms with E-state index in [0.29, 0.717) is 5.88 Å². The van der Waals surface area contributed by atoms with E-state index in [1.807, 2.05) is 0 Å². The third-order valence-corrected chi connectivity index (χ3v) is 5.40. The van der Waals surface area contributed by atoms with Crippen molar-refractivity contribution in [3.8, 4) is 0 Å². The summed E-state index contributed by atoms with van der Waals surface area (Å²) in [5, 5.41) is 0.811. The van der Waals surface area contributed by atoms with Crippen molar-refractivity contribution in [3.63, 3.8) is 0 Å². The Hall–Kier alpha value is -0.400. The standard InChI is InChI=1S/C16H21Cl2N/c17-11-13-7-8-14(10-15(13)18)19-9-3-5-12-4-1-2-6-16(12)19/h7-8,10,12,16H,1-6,9,11H2. The third-order valence-electron chi connectivity index (χ3n) is 4.76. The van der Waals surface area contributed by atoms with Crippen LogP contribution < -0.4 is 4.90 Å². The number of benzene rings is 1. The molecule has 0 bridgehead atoms. The Balaban J connectivity index is 1.85.